The predicted octanol–water partition coefficient (Wildman–Crippen LogP) is 3.87. The fraction of sp³-hybridized carbons (Fsp3) is 0.0417. The maximum Gasteiger partial charge on any atom is 0.329 e. The Balaban J connectivity index is 1.32. The molecule has 2 N–H and O–H groups in total. The van der Waals surface area contributed by atoms with Gasteiger partial charge in [-0.05, 0) is 17.7 Å². The summed E-state index contributed by atoms with van der Waals surface area (Å²) in [6.45, 7) is 0.396. The highest BCUT2D eigenvalue weighted by atomic mass is 32.1. The zero-order valence-corrected chi connectivity index (χ0v) is 18.2. The Kier molecular flexibility index (Phi) is 7.14. The Morgan fingerprint density at radius 2 is 1.58 bits per heavy atom. The van der Waals surface area contributed by atoms with Gasteiger partial charge >= 0.3 is 11.8 Å². The van der Waals surface area contributed by atoms with Gasteiger partial charge in [-0.2, -0.15) is 5.10 Å². The van der Waals surface area contributed by atoms with Crippen LogP contribution in [0.4, 0.5) is 5.13 Å². The highest BCUT2D eigenvalue weighted by Crippen LogP contribution is 2.25. The number of amides is 2. The second kappa shape index (κ2) is 10.8. The number of nitrogens with zero attached hydrogens (tertiary/aromatic N) is 3. The summed E-state index contributed by atoms with van der Waals surface area (Å²) in [6, 6.07) is 26.4. The number of rotatable bonds is 7. The number of nitrogens with one attached hydrogen (secondary N) is 2. The minimum Gasteiger partial charge on any atom is -0.488 e. The quantitative estimate of drug-likeness (QED) is 0.249. The molecular weight excluding hydrogens is 438 g/mol. The predicted molar refractivity (Wildman–Crippen MR) is 127 cm³/mol. The molecule has 0 aliphatic rings. The van der Waals surface area contributed by atoms with E-state index < -0.39 is 11.8 Å². The van der Waals surface area contributed by atoms with E-state index in [1.165, 1.54) is 17.6 Å². The first-order valence-corrected chi connectivity index (χ1v) is 10.8. The van der Waals surface area contributed by atoms with Crippen molar-refractivity contribution in [2.75, 3.05) is 5.32 Å². The standard InChI is InChI=1S/C24H19N5O3S/c30-21(26-24-29-28-23(33-24)18-11-5-2-6-12-18)22(31)27-25-15-19-13-7-8-14-20(19)32-16-17-9-3-1-4-10-17/h1-15H,16H2,(H,27,31)(H,26,29,30). The lowest BCUT2D eigenvalue weighted by Gasteiger charge is -2.08. The van der Waals surface area contributed by atoms with Gasteiger partial charge in [-0.1, -0.05) is 84.1 Å². The number of hydrogen-bond acceptors (Lipinski definition) is 7. The lowest BCUT2D eigenvalue weighted by Crippen LogP contribution is -2.32. The molecule has 0 unspecified atom stereocenters. The van der Waals surface area contributed by atoms with Crippen LogP contribution in [-0.2, 0) is 16.2 Å². The molecule has 4 aromatic rings. The van der Waals surface area contributed by atoms with E-state index in [9.17, 15) is 9.59 Å². The van der Waals surface area contributed by atoms with Crippen LogP contribution in [-0.4, -0.2) is 28.2 Å². The van der Waals surface area contributed by atoms with Crippen molar-refractivity contribution in [3.63, 3.8) is 0 Å². The molecule has 0 saturated carbocycles. The van der Waals surface area contributed by atoms with E-state index in [4.69, 9.17) is 4.74 Å². The zero-order valence-electron chi connectivity index (χ0n) is 17.3. The third-order valence-corrected chi connectivity index (χ3v) is 5.29. The molecule has 0 fully saturated rings. The van der Waals surface area contributed by atoms with Gasteiger partial charge in [0, 0.05) is 11.1 Å². The van der Waals surface area contributed by atoms with Crippen molar-refractivity contribution >= 4 is 34.5 Å². The number of ether oxygens (including phenoxy) is 1. The van der Waals surface area contributed by atoms with E-state index in [1.54, 1.807) is 12.1 Å². The van der Waals surface area contributed by atoms with Gasteiger partial charge in [0.05, 0.1) is 6.21 Å². The number of benzene rings is 3. The Hall–Kier alpha value is -4.37. The van der Waals surface area contributed by atoms with E-state index >= 15 is 0 Å². The molecule has 0 bridgehead atoms. The molecule has 3 aromatic carbocycles. The monoisotopic (exact) mass is 457 g/mol. The van der Waals surface area contributed by atoms with Gasteiger partial charge in [0.15, 0.2) is 0 Å². The summed E-state index contributed by atoms with van der Waals surface area (Å²) in [5.74, 6) is -1.21. The van der Waals surface area contributed by atoms with Gasteiger partial charge in [0.25, 0.3) is 0 Å². The van der Waals surface area contributed by atoms with Crippen molar-refractivity contribution < 1.29 is 14.3 Å². The number of hydrogen-bond donors (Lipinski definition) is 2. The number of aromatic nitrogens is 2. The molecule has 0 aliphatic heterocycles. The zero-order chi connectivity index (χ0) is 22.9. The lowest BCUT2D eigenvalue weighted by molar-refractivity contribution is -0.136. The van der Waals surface area contributed by atoms with Crippen molar-refractivity contribution in [3.05, 3.63) is 96.1 Å². The van der Waals surface area contributed by atoms with Crippen LogP contribution in [0.15, 0.2) is 90.0 Å². The van der Waals surface area contributed by atoms with Crippen LogP contribution in [0.1, 0.15) is 11.1 Å². The average Bonchev–Trinajstić information content (AvgIpc) is 3.33. The van der Waals surface area contributed by atoms with Gasteiger partial charge in [-0.3, -0.25) is 14.9 Å². The van der Waals surface area contributed by atoms with Crippen LogP contribution in [0.2, 0.25) is 0 Å². The van der Waals surface area contributed by atoms with Gasteiger partial charge in [0.2, 0.25) is 5.13 Å². The summed E-state index contributed by atoms with van der Waals surface area (Å²) in [7, 11) is 0. The molecule has 1 aromatic heterocycles. The summed E-state index contributed by atoms with van der Waals surface area (Å²) in [6.07, 6.45) is 1.42. The molecule has 164 valence electrons. The molecule has 0 aliphatic carbocycles. The fourth-order valence-corrected chi connectivity index (χ4v) is 3.53. The topological polar surface area (TPSA) is 106 Å². The molecule has 0 saturated heterocycles. The highest BCUT2D eigenvalue weighted by Gasteiger charge is 2.16. The first kappa shape index (κ1) is 21.8. The molecule has 8 nitrogen and oxygen atoms in total. The average molecular weight is 458 g/mol. The largest absolute Gasteiger partial charge is 0.488 e. The Bertz CT molecular complexity index is 1260. The molecule has 9 heteroatoms. The fourth-order valence-electron chi connectivity index (χ4n) is 2.79. The minimum absolute atomic E-state index is 0.220. The minimum atomic E-state index is -0.926. The maximum atomic E-state index is 12.1. The van der Waals surface area contributed by atoms with Crippen molar-refractivity contribution in [1.82, 2.24) is 15.6 Å². The molecule has 2 amide bonds. The second-order valence-corrected chi connectivity index (χ2v) is 7.72. The van der Waals surface area contributed by atoms with Gasteiger partial charge in [0.1, 0.15) is 17.4 Å². The van der Waals surface area contributed by atoms with E-state index in [2.05, 4.69) is 26.0 Å². The van der Waals surface area contributed by atoms with Gasteiger partial charge < -0.3 is 4.74 Å². The normalized spacial score (nSPS) is 10.7. The third-order valence-electron chi connectivity index (χ3n) is 4.40. The van der Waals surface area contributed by atoms with E-state index in [0.29, 0.717) is 22.9 Å². The molecule has 1 heterocycles. The summed E-state index contributed by atoms with van der Waals surface area (Å²) in [4.78, 5) is 24.2. The van der Waals surface area contributed by atoms with Crippen molar-refractivity contribution in [1.29, 1.82) is 0 Å². The number of hydrazone groups is 1. The first-order valence-electron chi connectivity index (χ1n) is 9.98. The van der Waals surface area contributed by atoms with Crippen LogP contribution < -0.4 is 15.5 Å². The molecule has 33 heavy (non-hydrogen) atoms. The Morgan fingerprint density at radius 3 is 2.36 bits per heavy atom. The summed E-state index contributed by atoms with van der Waals surface area (Å²) >= 11 is 1.17. The van der Waals surface area contributed by atoms with Crippen molar-refractivity contribution in [3.8, 4) is 16.3 Å². The SMILES string of the molecule is O=C(NN=Cc1ccccc1OCc1ccccc1)C(=O)Nc1nnc(-c2ccccc2)s1. The van der Waals surface area contributed by atoms with Crippen LogP contribution >= 0.6 is 11.3 Å². The second-order valence-electron chi connectivity index (χ2n) is 6.74. The van der Waals surface area contributed by atoms with E-state index in [-0.39, 0.29) is 5.13 Å². The summed E-state index contributed by atoms with van der Waals surface area (Å²) < 4.78 is 5.85. The van der Waals surface area contributed by atoms with Gasteiger partial charge in [-0.25, -0.2) is 5.43 Å². The van der Waals surface area contributed by atoms with E-state index in [1.807, 2.05) is 72.8 Å². The van der Waals surface area contributed by atoms with Gasteiger partial charge in [-0.15, -0.1) is 10.2 Å². The Morgan fingerprint density at radius 1 is 0.879 bits per heavy atom. The number of carbonyl (C=O) groups is 2. The van der Waals surface area contributed by atoms with Crippen LogP contribution in [0.5, 0.6) is 5.75 Å². The number of anilines is 1. The summed E-state index contributed by atoms with van der Waals surface area (Å²) in [5, 5.41) is 15.1. The summed E-state index contributed by atoms with van der Waals surface area (Å²) in [5.41, 5.74) is 4.77. The maximum absolute atomic E-state index is 12.1. The lowest BCUT2D eigenvalue weighted by atomic mass is 10.2. The van der Waals surface area contributed by atoms with Crippen LogP contribution in [0.25, 0.3) is 10.6 Å². The van der Waals surface area contributed by atoms with Crippen molar-refractivity contribution in [2.45, 2.75) is 6.61 Å². The van der Waals surface area contributed by atoms with Crippen LogP contribution in [0.3, 0.4) is 0 Å². The molecule has 0 radical (unpaired) electrons. The Labute approximate surface area is 194 Å². The molecule has 0 atom stereocenters. The number of para-hydroxylation sites is 1. The highest BCUT2D eigenvalue weighted by molar-refractivity contribution is 7.18. The smallest absolute Gasteiger partial charge is 0.329 e. The van der Waals surface area contributed by atoms with E-state index in [0.717, 1.165) is 11.1 Å². The van der Waals surface area contributed by atoms with Crippen LogP contribution in [0, 0.1) is 0 Å². The molecular formula is C24H19N5O3S. The molecule has 4 rings (SSSR count). The van der Waals surface area contributed by atoms with Crippen molar-refractivity contribution in [2.24, 2.45) is 5.10 Å². The third kappa shape index (κ3) is 6.08. The molecule has 0 spiro atoms. The number of carbonyl (C=O) groups excluding carboxylic acids is 2. The first-order chi connectivity index (χ1) is 16.2.